The Hall–Kier alpha value is -0.0400. The summed E-state index contributed by atoms with van der Waals surface area (Å²) in [6.07, 6.45) is 10.2. The Morgan fingerprint density at radius 1 is 1.14 bits per heavy atom. The molecule has 0 aromatic carbocycles. The third kappa shape index (κ3) is 0.946. The lowest BCUT2D eigenvalue weighted by Gasteiger charge is -2.49. The lowest BCUT2D eigenvalue weighted by Crippen LogP contribution is -2.51. The van der Waals surface area contributed by atoms with Crippen molar-refractivity contribution in [2.24, 2.45) is 28.9 Å². The molecule has 80 valence electrons. The first-order chi connectivity index (χ1) is 6.75. The van der Waals surface area contributed by atoms with Gasteiger partial charge in [-0.3, -0.25) is 0 Å². The normalized spacial score (nSPS) is 57.0. The van der Waals surface area contributed by atoms with E-state index in [1.165, 1.54) is 44.9 Å². The summed E-state index contributed by atoms with van der Waals surface area (Å²) in [6.45, 7) is 2.47. The van der Waals surface area contributed by atoms with Crippen molar-refractivity contribution in [3.63, 3.8) is 0 Å². The summed E-state index contributed by atoms with van der Waals surface area (Å²) >= 11 is 0. The molecule has 5 atom stereocenters. The van der Waals surface area contributed by atoms with Crippen molar-refractivity contribution in [3.05, 3.63) is 0 Å². The van der Waals surface area contributed by atoms with Crippen molar-refractivity contribution in [2.45, 2.75) is 57.9 Å². The molecule has 0 aromatic rings. The minimum atomic E-state index is 0.552. The highest BCUT2D eigenvalue weighted by Gasteiger charge is 2.58. The van der Waals surface area contributed by atoms with E-state index in [9.17, 15) is 0 Å². The van der Waals surface area contributed by atoms with Crippen LogP contribution in [-0.2, 0) is 0 Å². The standard InChI is InChI=1S/C13H23N/c1-9-4-2-3-7-13(9)11-6-5-10(8-11)12(13)14/h9-12H,2-8,14H2,1H3/t9?,10-,11+,12-,13-/m1/s1. The molecular formula is C13H23N. The third-order valence-corrected chi connectivity index (χ3v) is 5.78. The molecule has 1 spiro atoms. The van der Waals surface area contributed by atoms with E-state index in [1.807, 2.05) is 0 Å². The Labute approximate surface area is 87.4 Å². The third-order valence-electron chi connectivity index (χ3n) is 5.78. The van der Waals surface area contributed by atoms with Gasteiger partial charge in [0.05, 0.1) is 0 Å². The van der Waals surface area contributed by atoms with Crippen molar-refractivity contribution in [3.8, 4) is 0 Å². The number of hydrogen-bond acceptors (Lipinski definition) is 1. The Balaban J connectivity index is 1.93. The minimum absolute atomic E-state index is 0.552. The van der Waals surface area contributed by atoms with Gasteiger partial charge in [-0.25, -0.2) is 0 Å². The van der Waals surface area contributed by atoms with Crippen LogP contribution in [0.5, 0.6) is 0 Å². The van der Waals surface area contributed by atoms with E-state index in [2.05, 4.69) is 6.92 Å². The van der Waals surface area contributed by atoms with E-state index in [0.29, 0.717) is 11.5 Å². The van der Waals surface area contributed by atoms with Crippen molar-refractivity contribution < 1.29 is 0 Å². The van der Waals surface area contributed by atoms with E-state index in [-0.39, 0.29) is 0 Å². The minimum Gasteiger partial charge on any atom is -0.327 e. The van der Waals surface area contributed by atoms with E-state index < -0.39 is 0 Å². The number of nitrogens with two attached hydrogens (primary N) is 1. The molecule has 1 nitrogen and oxygen atoms in total. The van der Waals surface area contributed by atoms with Crippen LogP contribution >= 0.6 is 0 Å². The van der Waals surface area contributed by atoms with Crippen molar-refractivity contribution in [2.75, 3.05) is 0 Å². The molecule has 1 unspecified atom stereocenters. The first kappa shape index (κ1) is 9.21. The van der Waals surface area contributed by atoms with Crippen LogP contribution < -0.4 is 5.73 Å². The molecule has 3 aliphatic rings. The largest absolute Gasteiger partial charge is 0.327 e. The van der Waals surface area contributed by atoms with Crippen LogP contribution in [0.15, 0.2) is 0 Å². The van der Waals surface area contributed by atoms with Gasteiger partial charge in [-0.05, 0) is 48.9 Å². The second-order valence-corrected chi connectivity index (χ2v) is 6.06. The molecular weight excluding hydrogens is 170 g/mol. The van der Waals surface area contributed by atoms with Crippen molar-refractivity contribution >= 4 is 0 Å². The number of hydrogen-bond donors (Lipinski definition) is 1. The van der Waals surface area contributed by atoms with Gasteiger partial charge in [-0.15, -0.1) is 0 Å². The Morgan fingerprint density at radius 3 is 2.64 bits per heavy atom. The highest BCUT2D eigenvalue weighted by Crippen LogP contribution is 2.62. The molecule has 3 aliphatic carbocycles. The fourth-order valence-electron chi connectivity index (χ4n) is 5.04. The van der Waals surface area contributed by atoms with Gasteiger partial charge in [0.25, 0.3) is 0 Å². The monoisotopic (exact) mass is 193 g/mol. The fraction of sp³-hybridized carbons (Fsp3) is 1.00. The molecule has 0 radical (unpaired) electrons. The highest BCUT2D eigenvalue weighted by molar-refractivity contribution is 5.11. The molecule has 14 heavy (non-hydrogen) atoms. The zero-order chi connectivity index (χ0) is 9.76. The zero-order valence-corrected chi connectivity index (χ0v) is 9.34. The lowest BCUT2D eigenvalue weighted by molar-refractivity contribution is 0.0201. The average molecular weight is 193 g/mol. The molecule has 3 fully saturated rings. The summed E-state index contributed by atoms with van der Waals surface area (Å²) < 4.78 is 0. The van der Waals surface area contributed by atoms with Crippen LogP contribution in [0.1, 0.15) is 51.9 Å². The van der Waals surface area contributed by atoms with Gasteiger partial charge < -0.3 is 5.73 Å². The van der Waals surface area contributed by atoms with Crippen molar-refractivity contribution in [1.29, 1.82) is 0 Å². The summed E-state index contributed by atoms with van der Waals surface area (Å²) in [5.74, 6) is 2.79. The quantitative estimate of drug-likeness (QED) is 0.629. The molecule has 1 heteroatoms. The summed E-state index contributed by atoms with van der Waals surface area (Å²) in [6, 6.07) is 0.552. The molecule has 3 rings (SSSR count). The van der Waals surface area contributed by atoms with Crippen LogP contribution in [0.2, 0.25) is 0 Å². The SMILES string of the molecule is CC1CCCC[C@]12[C@H]1CC[C@H](C1)[C@H]2N. The molecule has 0 aliphatic heterocycles. The molecule has 2 N–H and O–H groups in total. The molecule has 0 saturated heterocycles. The first-order valence-electron chi connectivity index (χ1n) is 6.50. The van der Waals surface area contributed by atoms with Crippen LogP contribution in [-0.4, -0.2) is 6.04 Å². The van der Waals surface area contributed by atoms with Gasteiger partial charge in [0.15, 0.2) is 0 Å². The van der Waals surface area contributed by atoms with Crippen LogP contribution in [0.25, 0.3) is 0 Å². The van der Waals surface area contributed by atoms with Crippen LogP contribution in [0, 0.1) is 23.2 Å². The first-order valence-corrected chi connectivity index (χ1v) is 6.50. The van der Waals surface area contributed by atoms with Gasteiger partial charge in [0.2, 0.25) is 0 Å². The van der Waals surface area contributed by atoms with Crippen LogP contribution in [0.3, 0.4) is 0 Å². The molecule has 2 bridgehead atoms. The maximum atomic E-state index is 6.52. The maximum Gasteiger partial charge on any atom is 0.0129 e. The fourth-order valence-corrected chi connectivity index (χ4v) is 5.04. The summed E-state index contributed by atoms with van der Waals surface area (Å²) in [7, 11) is 0. The topological polar surface area (TPSA) is 26.0 Å². The second kappa shape index (κ2) is 2.98. The van der Waals surface area contributed by atoms with E-state index in [1.54, 1.807) is 0 Å². The Kier molecular flexibility index (Phi) is 1.96. The molecule has 3 saturated carbocycles. The van der Waals surface area contributed by atoms with Gasteiger partial charge in [0.1, 0.15) is 0 Å². The Bertz CT molecular complexity index is 233. The summed E-state index contributed by atoms with van der Waals surface area (Å²) in [5.41, 5.74) is 7.10. The second-order valence-electron chi connectivity index (χ2n) is 6.06. The predicted molar refractivity (Wildman–Crippen MR) is 58.9 cm³/mol. The van der Waals surface area contributed by atoms with Crippen molar-refractivity contribution in [1.82, 2.24) is 0 Å². The van der Waals surface area contributed by atoms with Gasteiger partial charge in [0, 0.05) is 6.04 Å². The van der Waals surface area contributed by atoms with E-state index >= 15 is 0 Å². The average Bonchev–Trinajstić information content (AvgIpc) is 2.74. The highest BCUT2D eigenvalue weighted by atomic mass is 14.8. The Morgan fingerprint density at radius 2 is 2.00 bits per heavy atom. The smallest absolute Gasteiger partial charge is 0.0129 e. The lowest BCUT2D eigenvalue weighted by atomic mass is 9.57. The summed E-state index contributed by atoms with van der Waals surface area (Å²) in [4.78, 5) is 0. The van der Waals surface area contributed by atoms with E-state index in [0.717, 1.165) is 17.8 Å². The number of rotatable bonds is 0. The molecule has 0 heterocycles. The zero-order valence-electron chi connectivity index (χ0n) is 9.34. The maximum absolute atomic E-state index is 6.52. The molecule has 0 amide bonds. The predicted octanol–water partition coefficient (Wildman–Crippen LogP) is 2.94. The van der Waals surface area contributed by atoms with Gasteiger partial charge in [-0.2, -0.15) is 0 Å². The van der Waals surface area contributed by atoms with Gasteiger partial charge >= 0.3 is 0 Å². The van der Waals surface area contributed by atoms with E-state index in [4.69, 9.17) is 5.73 Å². The molecule has 0 aromatic heterocycles. The van der Waals surface area contributed by atoms with Gasteiger partial charge in [-0.1, -0.05) is 26.2 Å². The van der Waals surface area contributed by atoms with Crippen LogP contribution in [0.4, 0.5) is 0 Å². The summed E-state index contributed by atoms with van der Waals surface area (Å²) in [5, 5.41) is 0. The number of fused-ring (bicyclic) bond motifs is 3.